The van der Waals surface area contributed by atoms with E-state index in [2.05, 4.69) is 0 Å². The molecule has 0 amide bonds. The number of rotatable bonds is 5. The number of fused-ring (bicyclic) bond motifs is 4. The zero-order chi connectivity index (χ0) is 29.3. The number of benzene rings is 2. The minimum Gasteiger partial charge on any atom is -0.502 e. The van der Waals surface area contributed by atoms with E-state index in [4.69, 9.17) is 42.6 Å². The number of methoxy groups -OCH3 is 2. The Bertz CT molecular complexity index is 1350. The summed E-state index contributed by atoms with van der Waals surface area (Å²) in [5.41, 5.74) is 2.26. The highest BCUT2D eigenvalue weighted by atomic mass is 16.7. The summed E-state index contributed by atoms with van der Waals surface area (Å²) in [5, 5.41) is 21.7. The number of aliphatic hydroxyl groups excluding tert-OH is 1. The van der Waals surface area contributed by atoms with Gasteiger partial charge in [-0.1, -0.05) is 6.92 Å². The lowest BCUT2D eigenvalue weighted by Crippen LogP contribution is -2.60. The summed E-state index contributed by atoms with van der Waals surface area (Å²) in [6.45, 7) is 4.09. The Hall–Kier alpha value is -3.29. The third-order valence-electron chi connectivity index (χ3n) is 9.09. The van der Waals surface area contributed by atoms with Gasteiger partial charge < -0.3 is 52.8 Å². The Morgan fingerprint density at radius 3 is 2.29 bits per heavy atom. The minimum absolute atomic E-state index is 0.0701. The van der Waals surface area contributed by atoms with Crippen LogP contribution in [0.5, 0.6) is 28.7 Å². The van der Waals surface area contributed by atoms with Crippen LogP contribution in [-0.2, 0) is 28.5 Å². The largest absolute Gasteiger partial charge is 0.502 e. The van der Waals surface area contributed by atoms with E-state index in [1.807, 2.05) is 19.1 Å². The number of phenolic OH excluding ortho intramolecular Hbond substituents is 1. The van der Waals surface area contributed by atoms with Crippen LogP contribution >= 0.6 is 0 Å². The van der Waals surface area contributed by atoms with Gasteiger partial charge in [0.05, 0.1) is 45.6 Å². The molecule has 4 heterocycles. The van der Waals surface area contributed by atoms with E-state index in [1.54, 1.807) is 19.1 Å². The predicted octanol–water partition coefficient (Wildman–Crippen LogP) is 2.61. The van der Waals surface area contributed by atoms with E-state index < -0.39 is 60.7 Å². The number of hydrogen-bond donors (Lipinski definition) is 2. The number of phenols is 1. The first-order valence-electron chi connectivity index (χ1n) is 14.1. The highest BCUT2D eigenvalue weighted by molar-refractivity contribution is 5.79. The van der Waals surface area contributed by atoms with Crippen molar-refractivity contribution in [3.05, 3.63) is 41.0 Å². The number of cyclic esters (lactones) is 1. The quantitative estimate of drug-likeness (QED) is 0.498. The zero-order valence-corrected chi connectivity index (χ0v) is 23.7. The van der Waals surface area contributed by atoms with E-state index in [0.29, 0.717) is 17.1 Å². The van der Waals surface area contributed by atoms with Crippen LogP contribution in [0.3, 0.4) is 0 Å². The van der Waals surface area contributed by atoms with Crippen molar-refractivity contribution in [3.63, 3.8) is 0 Å². The van der Waals surface area contributed by atoms with Crippen LogP contribution < -0.4 is 18.9 Å². The van der Waals surface area contributed by atoms with Crippen LogP contribution in [0, 0.1) is 17.8 Å². The fourth-order valence-electron chi connectivity index (χ4n) is 6.93. The van der Waals surface area contributed by atoms with E-state index in [9.17, 15) is 15.0 Å². The van der Waals surface area contributed by atoms with Crippen molar-refractivity contribution in [2.24, 2.45) is 17.8 Å². The molecule has 4 aliphatic heterocycles. The molecule has 2 N–H and O–H groups in total. The summed E-state index contributed by atoms with van der Waals surface area (Å²) in [7, 11) is 2.91. The Kier molecular flexibility index (Phi) is 6.86. The highest BCUT2D eigenvalue weighted by Crippen LogP contribution is 2.57. The maximum absolute atomic E-state index is 13.4. The molecule has 12 nitrogen and oxygen atoms in total. The maximum atomic E-state index is 13.4. The van der Waals surface area contributed by atoms with Gasteiger partial charge in [-0.05, 0) is 47.9 Å². The van der Waals surface area contributed by atoms with Gasteiger partial charge in [0.1, 0.15) is 12.2 Å². The van der Waals surface area contributed by atoms with Gasteiger partial charge in [-0.3, -0.25) is 4.79 Å². The van der Waals surface area contributed by atoms with Crippen molar-refractivity contribution >= 4 is 5.97 Å². The fourth-order valence-corrected chi connectivity index (χ4v) is 6.93. The molecule has 12 heteroatoms. The molecule has 0 aromatic heterocycles. The number of esters is 1. The Morgan fingerprint density at radius 2 is 1.60 bits per heavy atom. The second-order valence-electron chi connectivity index (χ2n) is 11.4. The highest BCUT2D eigenvalue weighted by Gasteiger charge is 2.55. The molecule has 1 unspecified atom stereocenters. The molecule has 0 saturated carbocycles. The van der Waals surface area contributed by atoms with Crippen LogP contribution in [0.4, 0.5) is 0 Å². The van der Waals surface area contributed by atoms with Crippen molar-refractivity contribution in [1.82, 2.24) is 0 Å². The van der Waals surface area contributed by atoms with Gasteiger partial charge in [-0.2, -0.15) is 0 Å². The molecule has 0 spiro atoms. The average Bonchev–Trinajstić information content (AvgIpc) is 3.61. The van der Waals surface area contributed by atoms with Crippen LogP contribution in [0.1, 0.15) is 42.6 Å². The maximum Gasteiger partial charge on any atom is 0.310 e. The van der Waals surface area contributed by atoms with Gasteiger partial charge in [-0.25, -0.2) is 0 Å². The smallest absolute Gasteiger partial charge is 0.310 e. The Labute approximate surface area is 242 Å². The van der Waals surface area contributed by atoms with E-state index >= 15 is 0 Å². The molecule has 5 aliphatic rings. The molecule has 1 aliphatic carbocycles. The first-order valence-corrected chi connectivity index (χ1v) is 14.1. The predicted molar refractivity (Wildman–Crippen MR) is 142 cm³/mol. The van der Waals surface area contributed by atoms with Gasteiger partial charge in [0.15, 0.2) is 35.6 Å². The molecule has 42 heavy (non-hydrogen) atoms. The molecule has 7 rings (SSSR count). The number of carbonyl (C=O) groups is 1. The SMILES string of the molecule is COc1cc([C@@H]2c3cc4c(cc3[C@@H](OC3O[C@@H]5CO[C@@H](C)O[C@H]5[C@H](O)[C@H]3C)[C@H]3COC(=O)[C@H]23)OCO4)cc(OC)c1O. The summed E-state index contributed by atoms with van der Waals surface area (Å²) >= 11 is 0. The van der Waals surface area contributed by atoms with Crippen LogP contribution in [-0.4, -0.2) is 81.3 Å². The zero-order valence-electron chi connectivity index (χ0n) is 23.7. The lowest BCUT2D eigenvalue weighted by molar-refractivity contribution is -0.354. The molecular weight excluding hydrogens is 552 g/mol. The number of aromatic hydroxyl groups is 1. The first-order chi connectivity index (χ1) is 20.3. The number of carbonyl (C=O) groups excluding carboxylic acids is 1. The molecule has 10 atom stereocenters. The van der Waals surface area contributed by atoms with Crippen LogP contribution in [0.2, 0.25) is 0 Å². The Balaban J connectivity index is 1.32. The van der Waals surface area contributed by atoms with Gasteiger partial charge in [0, 0.05) is 17.8 Å². The number of aliphatic hydroxyl groups is 1. The summed E-state index contributed by atoms with van der Waals surface area (Å²) in [4.78, 5) is 13.4. The van der Waals surface area contributed by atoms with E-state index in [0.717, 1.165) is 11.1 Å². The molecule has 0 bridgehead atoms. The number of ether oxygens (including phenoxy) is 9. The molecular formula is C30H34O12. The van der Waals surface area contributed by atoms with Crippen molar-refractivity contribution in [2.45, 2.75) is 56.8 Å². The molecule has 2 aromatic rings. The molecule has 226 valence electrons. The molecule has 0 radical (unpaired) electrons. The summed E-state index contributed by atoms with van der Waals surface area (Å²) in [6.07, 6.45) is -3.79. The third-order valence-corrected chi connectivity index (χ3v) is 9.09. The topological polar surface area (TPSA) is 141 Å². The number of hydrogen-bond acceptors (Lipinski definition) is 12. The average molecular weight is 587 g/mol. The van der Waals surface area contributed by atoms with Gasteiger partial charge in [0.2, 0.25) is 12.5 Å². The lowest BCUT2D eigenvalue weighted by Gasteiger charge is -2.48. The van der Waals surface area contributed by atoms with Crippen molar-refractivity contribution in [2.75, 3.05) is 34.2 Å². The summed E-state index contributed by atoms with van der Waals surface area (Å²) < 4.78 is 52.5. The van der Waals surface area contributed by atoms with Crippen molar-refractivity contribution < 1.29 is 57.6 Å². The second kappa shape index (κ2) is 10.5. The molecule has 3 fully saturated rings. The molecule has 3 saturated heterocycles. The van der Waals surface area contributed by atoms with Crippen molar-refractivity contribution in [3.8, 4) is 28.7 Å². The van der Waals surface area contributed by atoms with Crippen LogP contribution in [0.15, 0.2) is 24.3 Å². The minimum atomic E-state index is -0.846. The lowest BCUT2D eigenvalue weighted by atomic mass is 9.66. The van der Waals surface area contributed by atoms with Crippen molar-refractivity contribution in [1.29, 1.82) is 0 Å². The summed E-state index contributed by atoms with van der Waals surface area (Å²) in [6, 6.07) is 7.15. The third kappa shape index (κ3) is 4.27. The van der Waals surface area contributed by atoms with Gasteiger partial charge >= 0.3 is 5.97 Å². The normalized spacial score (nSPS) is 36.5. The first kappa shape index (κ1) is 27.5. The van der Waals surface area contributed by atoms with Crippen LogP contribution in [0.25, 0.3) is 0 Å². The fraction of sp³-hybridized carbons (Fsp3) is 0.567. The van der Waals surface area contributed by atoms with Gasteiger partial charge in [0.25, 0.3) is 0 Å². The summed E-state index contributed by atoms with van der Waals surface area (Å²) in [5.74, 6) is -0.938. The van der Waals surface area contributed by atoms with E-state index in [1.165, 1.54) is 14.2 Å². The van der Waals surface area contributed by atoms with E-state index in [-0.39, 0.29) is 43.2 Å². The van der Waals surface area contributed by atoms with Gasteiger partial charge in [-0.15, -0.1) is 0 Å². The second-order valence-corrected chi connectivity index (χ2v) is 11.4. The standard InChI is InChI=1S/C30H34O12/c1-12-25(31)28-22(10-36-13(2)40-28)41-30(12)42-27-16-8-19-18(38-11-39-19)7-15(16)23(24-17(27)9-37-29(24)33)14-5-20(34-3)26(32)21(6-14)35-4/h5-8,12-13,17,22-25,27-28,30-32H,9-11H2,1-4H3/t12-,13-,17+,22-,23-,24+,25-,27-,28-,30?/m1/s1. The molecule has 2 aromatic carbocycles. The monoisotopic (exact) mass is 586 g/mol. The Morgan fingerprint density at radius 1 is 0.905 bits per heavy atom.